The van der Waals surface area contributed by atoms with Crippen LogP contribution in [0.15, 0.2) is 83.3 Å². The van der Waals surface area contributed by atoms with E-state index in [1.165, 1.54) is 0 Å². The van der Waals surface area contributed by atoms with Crippen LogP contribution in [0.1, 0.15) is 43.5 Å². The Morgan fingerprint density at radius 3 is 2.11 bits per heavy atom. The van der Waals surface area contributed by atoms with E-state index in [1.54, 1.807) is 24.3 Å². The summed E-state index contributed by atoms with van der Waals surface area (Å²) in [5.74, 6) is -1.60. The van der Waals surface area contributed by atoms with E-state index in [2.05, 4.69) is 26.6 Å². The van der Waals surface area contributed by atoms with Crippen LogP contribution in [0, 0.1) is 11.3 Å². The SMILES string of the molecule is C.C[C@H](NC(=O)C(CCc1ccccc1)C(=O)Nc1ccc(C(=N)N)cc1)c1ccc(Br)cc1.O=CO. The maximum atomic E-state index is 13.2. The number of aryl methyl sites for hydroxylation is 1. The molecule has 1 unspecified atom stereocenters. The highest BCUT2D eigenvalue weighted by Gasteiger charge is 2.28. The Kier molecular flexibility index (Phi) is 13.3. The number of carbonyl (C=O) groups excluding carboxylic acids is 2. The van der Waals surface area contributed by atoms with Crippen LogP contribution in [-0.2, 0) is 20.8 Å². The zero-order valence-corrected chi connectivity index (χ0v) is 21.4. The average Bonchev–Trinajstić information content (AvgIpc) is 2.86. The molecule has 37 heavy (non-hydrogen) atoms. The Bertz CT molecular complexity index is 1150. The van der Waals surface area contributed by atoms with Gasteiger partial charge >= 0.3 is 0 Å². The van der Waals surface area contributed by atoms with Gasteiger partial charge in [0.1, 0.15) is 11.8 Å². The van der Waals surface area contributed by atoms with Crippen LogP contribution in [0.2, 0.25) is 0 Å². The first-order chi connectivity index (χ1) is 17.2. The van der Waals surface area contributed by atoms with Crippen molar-refractivity contribution < 1.29 is 19.5 Å². The number of amidine groups is 1. The summed E-state index contributed by atoms with van der Waals surface area (Å²) in [4.78, 5) is 34.6. The van der Waals surface area contributed by atoms with Crippen molar-refractivity contribution in [3.63, 3.8) is 0 Å². The molecule has 0 heterocycles. The second-order valence-electron chi connectivity index (χ2n) is 7.94. The second kappa shape index (κ2) is 15.9. The molecule has 6 N–H and O–H groups in total. The summed E-state index contributed by atoms with van der Waals surface area (Å²) in [6, 6.07) is 23.9. The molecule has 0 spiro atoms. The summed E-state index contributed by atoms with van der Waals surface area (Å²) in [6.07, 6.45) is 0.975. The summed E-state index contributed by atoms with van der Waals surface area (Å²) in [5.41, 5.74) is 8.62. The van der Waals surface area contributed by atoms with Gasteiger partial charge in [-0.15, -0.1) is 0 Å². The van der Waals surface area contributed by atoms with Gasteiger partial charge in [0.25, 0.3) is 6.47 Å². The number of carbonyl (C=O) groups is 3. The summed E-state index contributed by atoms with van der Waals surface area (Å²) < 4.78 is 0.959. The zero-order valence-electron chi connectivity index (χ0n) is 19.8. The minimum Gasteiger partial charge on any atom is -0.483 e. The number of halogens is 1. The Balaban J connectivity index is 0.00000163. The first kappa shape index (κ1) is 31.1. The molecule has 9 heteroatoms. The third-order valence-electron chi connectivity index (χ3n) is 5.39. The van der Waals surface area contributed by atoms with Crippen molar-refractivity contribution in [2.75, 3.05) is 5.32 Å². The molecule has 0 radical (unpaired) electrons. The van der Waals surface area contributed by atoms with Gasteiger partial charge in [-0.2, -0.15) is 0 Å². The largest absolute Gasteiger partial charge is 0.483 e. The van der Waals surface area contributed by atoms with Gasteiger partial charge in [-0.3, -0.25) is 19.8 Å². The number of nitrogens with one attached hydrogen (secondary N) is 3. The van der Waals surface area contributed by atoms with E-state index in [-0.39, 0.29) is 37.6 Å². The molecule has 2 amide bonds. The quantitative estimate of drug-likeness (QED) is 0.105. The fraction of sp³-hybridized carbons (Fsp3) is 0.214. The topological polar surface area (TPSA) is 145 Å². The Hall–Kier alpha value is -3.98. The van der Waals surface area contributed by atoms with Crippen LogP contribution in [0.4, 0.5) is 5.69 Å². The minimum atomic E-state index is -0.865. The van der Waals surface area contributed by atoms with E-state index in [0.717, 1.165) is 15.6 Å². The highest BCUT2D eigenvalue weighted by atomic mass is 79.9. The zero-order chi connectivity index (χ0) is 26.5. The van der Waals surface area contributed by atoms with Crippen molar-refractivity contribution in [3.05, 3.63) is 100 Å². The second-order valence-corrected chi connectivity index (χ2v) is 8.86. The van der Waals surface area contributed by atoms with Crippen molar-refractivity contribution in [1.29, 1.82) is 5.41 Å². The van der Waals surface area contributed by atoms with Gasteiger partial charge in [0.2, 0.25) is 11.8 Å². The van der Waals surface area contributed by atoms with Crippen molar-refractivity contribution in [2.24, 2.45) is 11.7 Å². The lowest BCUT2D eigenvalue weighted by Crippen LogP contribution is -2.39. The van der Waals surface area contributed by atoms with Crippen molar-refractivity contribution in [2.45, 2.75) is 33.2 Å². The molecule has 0 bridgehead atoms. The van der Waals surface area contributed by atoms with E-state index in [9.17, 15) is 9.59 Å². The molecule has 0 aromatic heterocycles. The molecular formula is C28H33BrN4O4. The van der Waals surface area contributed by atoms with Gasteiger partial charge in [0.05, 0.1) is 6.04 Å². The molecule has 3 aromatic rings. The number of carboxylic acid groups (broad SMARTS) is 1. The van der Waals surface area contributed by atoms with E-state index < -0.39 is 5.92 Å². The van der Waals surface area contributed by atoms with Crippen LogP contribution in [0.25, 0.3) is 0 Å². The van der Waals surface area contributed by atoms with Gasteiger partial charge in [0.15, 0.2) is 0 Å². The maximum Gasteiger partial charge on any atom is 0.290 e. The van der Waals surface area contributed by atoms with Crippen LogP contribution in [0.5, 0.6) is 0 Å². The number of hydrogen-bond donors (Lipinski definition) is 5. The molecule has 0 aliphatic heterocycles. The predicted molar refractivity (Wildman–Crippen MR) is 150 cm³/mol. The van der Waals surface area contributed by atoms with Gasteiger partial charge in [0, 0.05) is 15.7 Å². The van der Waals surface area contributed by atoms with Crippen LogP contribution < -0.4 is 16.4 Å². The molecule has 0 fully saturated rings. The van der Waals surface area contributed by atoms with Gasteiger partial charge in [-0.25, -0.2) is 0 Å². The summed E-state index contributed by atoms with van der Waals surface area (Å²) >= 11 is 3.42. The third-order valence-corrected chi connectivity index (χ3v) is 5.92. The smallest absolute Gasteiger partial charge is 0.290 e. The lowest BCUT2D eigenvalue weighted by Gasteiger charge is -2.21. The minimum absolute atomic E-state index is 0. The monoisotopic (exact) mass is 568 g/mol. The molecule has 3 rings (SSSR count). The molecule has 196 valence electrons. The fourth-order valence-corrected chi connectivity index (χ4v) is 3.71. The van der Waals surface area contributed by atoms with E-state index in [4.69, 9.17) is 21.0 Å². The van der Waals surface area contributed by atoms with Crippen LogP contribution in [0.3, 0.4) is 0 Å². The molecule has 0 aliphatic rings. The summed E-state index contributed by atoms with van der Waals surface area (Å²) in [6.45, 7) is 1.65. The predicted octanol–water partition coefficient (Wildman–Crippen LogP) is 5.13. The number of amides is 2. The van der Waals surface area contributed by atoms with Gasteiger partial charge in [-0.1, -0.05) is 65.8 Å². The van der Waals surface area contributed by atoms with Gasteiger partial charge in [-0.05, 0) is 67.3 Å². The van der Waals surface area contributed by atoms with Gasteiger partial charge < -0.3 is 21.5 Å². The number of nitrogens with two attached hydrogens (primary N) is 1. The first-order valence-electron chi connectivity index (χ1n) is 11.2. The first-order valence-corrected chi connectivity index (χ1v) is 12.0. The Morgan fingerprint density at radius 1 is 1.00 bits per heavy atom. The van der Waals surface area contributed by atoms with Crippen molar-refractivity contribution in [1.82, 2.24) is 5.32 Å². The summed E-state index contributed by atoms with van der Waals surface area (Å²) in [7, 11) is 0. The van der Waals surface area contributed by atoms with Crippen LogP contribution >= 0.6 is 15.9 Å². The Morgan fingerprint density at radius 2 is 1.57 bits per heavy atom. The molecule has 2 atom stereocenters. The Labute approximate surface area is 225 Å². The molecule has 0 saturated heterocycles. The van der Waals surface area contributed by atoms with Crippen LogP contribution in [-0.4, -0.2) is 29.2 Å². The number of benzene rings is 3. The normalized spacial score (nSPS) is 11.4. The van der Waals surface area contributed by atoms with E-state index in [0.29, 0.717) is 24.1 Å². The summed E-state index contributed by atoms with van der Waals surface area (Å²) in [5, 5.41) is 20.2. The number of anilines is 1. The lowest BCUT2D eigenvalue weighted by molar-refractivity contribution is -0.133. The molecule has 0 saturated carbocycles. The standard InChI is InChI=1S/C26H27BrN4O2.CH2O2.CH4/c1-17(19-8-12-21(27)13-9-19)30-25(32)23(16-7-18-5-3-2-4-6-18)26(33)31-22-14-10-20(11-15-22)24(28)29;2-1-3;/h2-6,8-15,17,23H,7,16H2,1H3,(H3,28,29)(H,30,32)(H,31,33);1H,(H,2,3);1H4/t17-,23?;;/m0../s1. The molecule has 3 aromatic carbocycles. The molecule has 8 nitrogen and oxygen atoms in total. The number of rotatable bonds is 9. The third kappa shape index (κ3) is 10.3. The maximum absolute atomic E-state index is 13.2. The van der Waals surface area contributed by atoms with Crippen molar-refractivity contribution >= 4 is 45.7 Å². The molecule has 0 aliphatic carbocycles. The highest BCUT2D eigenvalue weighted by Crippen LogP contribution is 2.19. The highest BCUT2D eigenvalue weighted by molar-refractivity contribution is 9.10. The van der Waals surface area contributed by atoms with E-state index >= 15 is 0 Å². The molecular weight excluding hydrogens is 536 g/mol. The van der Waals surface area contributed by atoms with E-state index in [1.807, 2.05) is 61.5 Å². The number of hydrogen-bond acceptors (Lipinski definition) is 4. The van der Waals surface area contributed by atoms with Crippen molar-refractivity contribution in [3.8, 4) is 0 Å². The fourth-order valence-electron chi connectivity index (χ4n) is 3.45. The number of nitrogen functional groups attached to an aromatic ring is 1. The average molecular weight is 570 g/mol. The lowest BCUT2D eigenvalue weighted by atomic mass is 9.96.